The van der Waals surface area contributed by atoms with Crippen LogP contribution in [0, 0.1) is 0 Å². The van der Waals surface area contributed by atoms with E-state index in [-0.39, 0.29) is 22.4 Å². The number of carbonyl (C=O) groups excluding carboxylic acids is 2. The molecule has 0 spiro atoms. The Labute approximate surface area is 97.3 Å². The Kier molecular flexibility index (Phi) is 2.59. The summed E-state index contributed by atoms with van der Waals surface area (Å²) in [6.45, 7) is 0. The first-order chi connectivity index (χ1) is 8.15. The van der Waals surface area contributed by atoms with Crippen LogP contribution in [0.2, 0.25) is 0 Å². The predicted octanol–water partition coefficient (Wildman–Crippen LogP) is 1.52. The summed E-state index contributed by atoms with van der Waals surface area (Å²) < 4.78 is 10.1. The number of rotatable bonds is 2. The summed E-state index contributed by atoms with van der Waals surface area (Å²) in [5.41, 5.74) is 0.0941. The summed E-state index contributed by atoms with van der Waals surface area (Å²) in [6, 6.07) is 3.02. The van der Waals surface area contributed by atoms with Gasteiger partial charge in [0.2, 0.25) is 11.6 Å². The van der Waals surface area contributed by atoms with Crippen molar-refractivity contribution in [3.63, 3.8) is 0 Å². The molecule has 0 saturated heterocycles. The first-order valence-corrected chi connectivity index (χ1v) is 4.84. The fourth-order valence-corrected chi connectivity index (χ4v) is 1.84. The number of hydrogen-bond donors (Lipinski definition) is 1. The van der Waals surface area contributed by atoms with Gasteiger partial charge in [-0.05, 0) is 12.1 Å². The van der Waals surface area contributed by atoms with Crippen molar-refractivity contribution in [2.75, 3.05) is 14.2 Å². The van der Waals surface area contributed by atoms with Gasteiger partial charge in [0, 0.05) is 5.56 Å². The number of ketones is 2. The van der Waals surface area contributed by atoms with E-state index in [9.17, 15) is 9.59 Å². The van der Waals surface area contributed by atoms with Gasteiger partial charge in [0.05, 0.1) is 26.0 Å². The summed E-state index contributed by atoms with van der Waals surface area (Å²) in [5, 5.41) is 8.89. The number of Topliss-reactive ketones (excluding diaryl/α,β-unsaturated/α-hetero) is 2. The van der Waals surface area contributed by atoms with Gasteiger partial charge < -0.3 is 14.6 Å². The second kappa shape index (κ2) is 3.93. The quantitative estimate of drug-likeness (QED) is 0.477. The number of allylic oxidation sites excluding steroid dienone is 1. The second-order valence-electron chi connectivity index (χ2n) is 3.42. The molecular formula is C12H10O5. The molecule has 0 amide bonds. The number of aliphatic hydroxyl groups is 1. The minimum absolute atomic E-state index is 0.136. The molecular weight excluding hydrogens is 224 g/mol. The highest BCUT2D eigenvalue weighted by atomic mass is 16.5. The number of hydrogen-bond acceptors (Lipinski definition) is 5. The first-order valence-electron chi connectivity index (χ1n) is 4.84. The van der Waals surface area contributed by atoms with Crippen LogP contribution in [0.25, 0.3) is 0 Å². The molecule has 1 aliphatic carbocycles. The van der Waals surface area contributed by atoms with Gasteiger partial charge in [-0.3, -0.25) is 9.59 Å². The Morgan fingerprint density at radius 3 is 2.35 bits per heavy atom. The molecule has 0 bridgehead atoms. The highest BCUT2D eigenvalue weighted by Gasteiger charge is 2.37. The van der Waals surface area contributed by atoms with E-state index in [4.69, 9.17) is 14.6 Å². The number of benzene rings is 1. The number of fused-ring (bicyclic) bond motifs is 1. The lowest BCUT2D eigenvalue weighted by Crippen LogP contribution is -2.01. The lowest BCUT2D eigenvalue weighted by atomic mass is 10.1. The van der Waals surface area contributed by atoms with Crippen LogP contribution in [-0.4, -0.2) is 30.9 Å². The molecule has 0 heterocycles. The third-order valence-corrected chi connectivity index (χ3v) is 2.64. The van der Waals surface area contributed by atoms with Crippen molar-refractivity contribution < 1.29 is 24.2 Å². The summed E-state index contributed by atoms with van der Waals surface area (Å²) in [5.74, 6) is -0.483. The van der Waals surface area contributed by atoms with E-state index in [1.807, 2.05) is 0 Å². The third kappa shape index (κ3) is 1.39. The lowest BCUT2D eigenvalue weighted by Gasteiger charge is -2.09. The molecule has 0 aromatic heterocycles. The zero-order valence-electron chi connectivity index (χ0n) is 9.31. The Balaban J connectivity index is 2.75. The Bertz CT molecular complexity index is 542. The van der Waals surface area contributed by atoms with E-state index in [1.165, 1.54) is 20.3 Å². The van der Waals surface area contributed by atoms with Crippen LogP contribution in [0.1, 0.15) is 20.7 Å². The molecule has 1 aliphatic rings. The van der Waals surface area contributed by atoms with E-state index >= 15 is 0 Å². The molecule has 0 aliphatic heterocycles. The van der Waals surface area contributed by atoms with Gasteiger partial charge in [0.1, 0.15) is 5.57 Å². The van der Waals surface area contributed by atoms with Crippen LogP contribution in [0.15, 0.2) is 24.0 Å². The van der Waals surface area contributed by atoms with E-state index in [0.29, 0.717) is 12.0 Å². The van der Waals surface area contributed by atoms with E-state index in [2.05, 4.69) is 0 Å². The standard InChI is InChI=1S/C12H10O5/c1-16-8-4-3-6-9(12(8)17-2)11(15)7(5-13)10(6)14/h3-5,13H,1-2H3/b7-5-. The first kappa shape index (κ1) is 11.2. The highest BCUT2D eigenvalue weighted by molar-refractivity contribution is 6.40. The maximum atomic E-state index is 11.9. The zero-order valence-corrected chi connectivity index (χ0v) is 9.31. The lowest BCUT2D eigenvalue weighted by molar-refractivity contribution is 0.0984. The Hall–Kier alpha value is -2.30. The van der Waals surface area contributed by atoms with E-state index in [0.717, 1.165) is 0 Å². The van der Waals surface area contributed by atoms with Crippen molar-refractivity contribution in [2.45, 2.75) is 0 Å². The van der Waals surface area contributed by atoms with E-state index < -0.39 is 11.6 Å². The monoisotopic (exact) mass is 234 g/mol. The van der Waals surface area contributed by atoms with Crippen LogP contribution in [0.5, 0.6) is 11.5 Å². The largest absolute Gasteiger partial charge is 0.515 e. The van der Waals surface area contributed by atoms with Gasteiger partial charge in [0.25, 0.3) is 0 Å². The molecule has 0 radical (unpaired) electrons. The number of carbonyl (C=O) groups is 2. The van der Waals surface area contributed by atoms with Crippen molar-refractivity contribution in [1.29, 1.82) is 0 Å². The van der Waals surface area contributed by atoms with Gasteiger partial charge in [0.15, 0.2) is 11.5 Å². The van der Waals surface area contributed by atoms with Crippen molar-refractivity contribution in [1.82, 2.24) is 0 Å². The Morgan fingerprint density at radius 2 is 1.82 bits per heavy atom. The molecule has 5 heteroatoms. The number of aliphatic hydroxyl groups excluding tert-OH is 1. The van der Waals surface area contributed by atoms with Crippen LogP contribution in [0.4, 0.5) is 0 Å². The molecule has 0 atom stereocenters. The summed E-state index contributed by atoms with van der Waals surface area (Å²) in [4.78, 5) is 23.7. The smallest absolute Gasteiger partial charge is 0.204 e. The number of methoxy groups -OCH3 is 2. The minimum atomic E-state index is -0.553. The van der Waals surface area contributed by atoms with Crippen LogP contribution < -0.4 is 9.47 Å². The van der Waals surface area contributed by atoms with Crippen molar-refractivity contribution in [2.24, 2.45) is 0 Å². The summed E-state index contributed by atoms with van der Waals surface area (Å²) in [6.07, 6.45) is 0.524. The molecule has 5 nitrogen and oxygen atoms in total. The maximum absolute atomic E-state index is 11.9. The second-order valence-corrected chi connectivity index (χ2v) is 3.42. The van der Waals surface area contributed by atoms with E-state index in [1.54, 1.807) is 6.07 Å². The normalized spacial score (nSPS) is 16.2. The molecule has 1 aromatic rings. The van der Waals surface area contributed by atoms with Crippen molar-refractivity contribution in [3.8, 4) is 11.5 Å². The molecule has 17 heavy (non-hydrogen) atoms. The fourth-order valence-electron chi connectivity index (χ4n) is 1.84. The highest BCUT2D eigenvalue weighted by Crippen LogP contribution is 2.39. The van der Waals surface area contributed by atoms with Crippen LogP contribution >= 0.6 is 0 Å². The molecule has 0 saturated carbocycles. The van der Waals surface area contributed by atoms with Gasteiger partial charge in [-0.2, -0.15) is 0 Å². The van der Waals surface area contributed by atoms with Gasteiger partial charge in [-0.1, -0.05) is 0 Å². The van der Waals surface area contributed by atoms with Crippen LogP contribution in [0.3, 0.4) is 0 Å². The molecule has 0 unspecified atom stereocenters. The molecule has 0 fully saturated rings. The zero-order chi connectivity index (χ0) is 12.6. The summed E-state index contributed by atoms with van der Waals surface area (Å²) >= 11 is 0. The fraction of sp³-hybridized carbons (Fsp3) is 0.167. The average Bonchev–Trinajstić information content (AvgIpc) is 2.60. The SMILES string of the molecule is COc1ccc2c(c1OC)C(=O)/C(=C\O)C2=O. The molecule has 1 N–H and O–H groups in total. The molecule has 88 valence electrons. The van der Waals surface area contributed by atoms with Gasteiger partial charge in [-0.25, -0.2) is 0 Å². The maximum Gasteiger partial charge on any atom is 0.204 e. The third-order valence-electron chi connectivity index (χ3n) is 2.64. The minimum Gasteiger partial charge on any atom is -0.515 e. The summed E-state index contributed by atoms with van der Waals surface area (Å²) in [7, 11) is 2.82. The van der Waals surface area contributed by atoms with Crippen molar-refractivity contribution >= 4 is 11.6 Å². The predicted molar refractivity (Wildman–Crippen MR) is 58.9 cm³/mol. The Morgan fingerprint density at radius 1 is 1.12 bits per heavy atom. The van der Waals surface area contributed by atoms with Gasteiger partial charge >= 0.3 is 0 Å². The van der Waals surface area contributed by atoms with Crippen LogP contribution in [-0.2, 0) is 0 Å². The molecule has 1 aromatic carbocycles. The van der Waals surface area contributed by atoms with Gasteiger partial charge in [-0.15, -0.1) is 0 Å². The topological polar surface area (TPSA) is 72.8 Å². The van der Waals surface area contributed by atoms with Crippen molar-refractivity contribution in [3.05, 3.63) is 35.1 Å². The average molecular weight is 234 g/mol. The number of ether oxygens (including phenoxy) is 2. The molecule has 2 rings (SSSR count).